The Bertz CT molecular complexity index is 730. The molecule has 2 rings (SSSR count). The fourth-order valence-corrected chi connectivity index (χ4v) is 5.28. The van der Waals surface area contributed by atoms with Gasteiger partial charge in [0, 0.05) is 25.0 Å². The van der Waals surface area contributed by atoms with Gasteiger partial charge in [-0.05, 0) is 12.8 Å². The van der Waals surface area contributed by atoms with Crippen molar-refractivity contribution in [2.45, 2.75) is 36.7 Å². The summed E-state index contributed by atoms with van der Waals surface area (Å²) < 4.78 is 74.4. The molecule has 1 aromatic heterocycles. The lowest BCUT2D eigenvalue weighted by Gasteiger charge is -2.22. The molecule has 0 bridgehead atoms. The molecule has 22 heavy (non-hydrogen) atoms. The smallest absolute Gasteiger partial charge is 0.257 e. The number of nitrogens with zero attached hydrogens (tertiary/aromatic N) is 3. The van der Waals surface area contributed by atoms with Crippen molar-refractivity contribution in [1.82, 2.24) is 14.1 Å². The number of hydrogen-bond acceptors (Lipinski definition) is 5. The topological polar surface area (TPSA) is 89.3 Å². The van der Waals surface area contributed by atoms with E-state index in [-0.39, 0.29) is 17.2 Å². The Kier molecular flexibility index (Phi) is 4.87. The lowest BCUT2D eigenvalue weighted by Crippen LogP contribution is -2.39. The second-order valence-electron chi connectivity index (χ2n) is 5.29. The second-order valence-corrected chi connectivity index (χ2v) is 9.37. The fraction of sp³-hybridized carbons (Fsp3) is 0.727. The van der Waals surface area contributed by atoms with Crippen LogP contribution in [0.5, 0.6) is 0 Å². The minimum atomic E-state index is -3.93. The minimum Gasteiger partial charge on any atom is -0.266 e. The quantitative estimate of drug-likeness (QED) is 0.733. The number of alkyl halides is 2. The van der Waals surface area contributed by atoms with Crippen molar-refractivity contribution in [2.75, 3.05) is 18.6 Å². The number of rotatable bonds is 6. The van der Waals surface area contributed by atoms with Gasteiger partial charge >= 0.3 is 0 Å². The molecular formula is C11H17F2N3O4S2. The van der Waals surface area contributed by atoms with Gasteiger partial charge in [0.25, 0.3) is 6.43 Å². The largest absolute Gasteiger partial charge is 0.266 e. The van der Waals surface area contributed by atoms with Gasteiger partial charge in [-0.2, -0.15) is 9.40 Å². The first-order chi connectivity index (χ1) is 10.1. The number of aromatic nitrogens is 2. The van der Waals surface area contributed by atoms with Gasteiger partial charge in [0.05, 0.1) is 11.9 Å². The highest BCUT2D eigenvalue weighted by molar-refractivity contribution is 7.91. The third kappa shape index (κ3) is 4.02. The van der Waals surface area contributed by atoms with Crippen molar-refractivity contribution in [3.05, 3.63) is 12.4 Å². The van der Waals surface area contributed by atoms with Gasteiger partial charge < -0.3 is 0 Å². The van der Waals surface area contributed by atoms with E-state index in [1.165, 1.54) is 0 Å². The summed E-state index contributed by atoms with van der Waals surface area (Å²) in [6.45, 7) is -0.481. The van der Waals surface area contributed by atoms with Crippen molar-refractivity contribution in [3.8, 4) is 0 Å². The standard InChI is InChI=1S/C11H17F2N3O4S2/c1-21(17,18)8-9-3-2-4-16(9)22(19,20)10-5-14-15(6-10)7-11(12)13/h5-6,9,11H,2-4,7-8H2,1H3/t9-/m1/s1. The molecule has 0 spiro atoms. The molecule has 0 aromatic carbocycles. The molecule has 7 nitrogen and oxygen atoms in total. The van der Waals surface area contributed by atoms with Gasteiger partial charge in [-0.15, -0.1) is 0 Å². The van der Waals surface area contributed by atoms with Crippen molar-refractivity contribution in [1.29, 1.82) is 0 Å². The Hall–Kier alpha value is -1.07. The maximum absolute atomic E-state index is 12.5. The summed E-state index contributed by atoms with van der Waals surface area (Å²) in [7, 11) is -7.25. The maximum atomic E-state index is 12.5. The monoisotopic (exact) mass is 357 g/mol. The minimum absolute atomic E-state index is 0.200. The highest BCUT2D eigenvalue weighted by atomic mass is 32.2. The Balaban J connectivity index is 2.23. The fourth-order valence-electron chi connectivity index (χ4n) is 2.50. The van der Waals surface area contributed by atoms with Gasteiger partial charge in [0.15, 0.2) is 0 Å². The zero-order chi connectivity index (χ0) is 16.5. The van der Waals surface area contributed by atoms with Crippen LogP contribution in [0, 0.1) is 0 Å². The van der Waals surface area contributed by atoms with E-state index in [1.807, 2.05) is 0 Å². The van der Waals surface area contributed by atoms with Crippen LogP contribution in [-0.4, -0.2) is 61.9 Å². The van der Waals surface area contributed by atoms with Crippen LogP contribution in [0.15, 0.2) is 17.3 Å². The molecule has 1 saturated heterocycles. The lowest BCUT2D eigenvalue weighted by atomic mass is 10.3. The molecule has 11 heteroatoms. The van der Waals surface area contributed by atoms with E-state index in [4.69, 9.17) is 0 Å². The number of halogens is 2. The predicted octanol–water partition coefficient (Wildman–Crippen LogP) is 0.346. The SMILES string of the molecule is CS(=O)(=O)C[C@H]1CCCN1S(=O)(=O)c1cnn(CC(F)F)c1. The van der Waals surface area contributed by atoms with Crippen LogP contribution in [0.3, 0.4) is 0 Å². The van der Waals surface area contributed by atoms with Crippen molar-refractivity contribution in [2.24, 2.45) is 0 Å². The molecule has 0 amide bonds. The lowest BCUT2D eigenvalue weighted by molar-refractivity contribution is 0.121. The van der Waals surface area contributed by atoms with E-state index in [1.54, 1.807) is 0 Å². The molecule has 0 saturated carbocycles. The van der Waals surface area contributed by atoms with E-state index in [2.05, 4.69) is 5.10 Å². The summed E-state index contributed by atoms with van der Waals surface area (Å²) in [4.78, 5) is -0.200. The molecular weight excluding hydrogens is 340 g/mol. The van der Waals surface area contributed by atoms with Crippen LogP contribution in [-0.2, 0) is 26.4 Å². The summed E-state index contributed by atoms with van der Waals surface area (Å²) in [6.07, 6.45) is 1.48. The highest BCUT2D eigenvalue weighted by Gasteiger charge is 2.37. The second kappa shape index (κ2) is 6.20. The molecule has 1 aliphatic heterocycles. The number of sulfonamides is 1. The molecule has 1 aliphatic rings. The summed E-state index contributed by atoms with van der Waals surface area (Å²) >= 11 is 0. The van der Waals surface area contributed by atoms with Crippen LogP contribution in [0.4, 0.5) is 8.78 Å². The van der Waals surface area contributed by atoms with Crippen molar-refractivity contribution in [3.63, 3.8) is 0 Å². The van der Waals surface area contributed by atoms with Crippen LogP contribution in [0.1, 0.15) is 12.8 Å². The van der Waals surface area contributed by atoms with Gasteiger partial charge in [-0.1, -0.05) is 0 Å². The van der Waals surface area contributed by atoms with Crippen LogP contribution in [0.2, 0.25) is 0 Å². The summed E-state index contributed by atoms with van der Waals surface area (Å²) in [6, 6.07) is -0.626. The zero-order valence-corrected chi connectivity index (χ0v) is 13.5. The van der Waals surface area contributed by atoms with E-state index < -0.39 is 38.9 Å². The van der Waals surface area contributed by atoms with Crippen molar-refractivity contribution < 1.29 is 25.6 Å². The molecule has 2 heterocycles. The maximum Gasteiger partial charge on any atom is 0.257 e. The Labute approximate surface area is 127 Å². The molecule has 1 fully saturated rings. The van der Waals surface area contributed by atoms with Gasteiger partial charge in [-0.25, -0.2) is 25.6 Å². The molecule has 0 aliphatic carbocycles. The molecule has 0 radical (unpaired) electrons. The third-order valence-corrected chi connectivity index (χ3v) is 6.25. The molecule has 0 unspecified atom stereocenters. The van der Waals surface area contributed by atoms with E-state index >= 15 is 0 Å². The van der Waals surface area contributed by atoms with Crippen LogP contribution < -0.4 is 0 Å². The first-order valence-corrected chi connectivity index (χ1v) is 10.1. The first kappa shape index (κ1) is 17.3. The van der Waals surface area contributed by atoms with E-state index in [0.29, 0.717) is 12.8 Å². The molecule has 126 valence electrons. The van der Waals surface area contributed by atoms with Gasteiger partial charge in [0.2, 0.25) is 10.0 Å². The Morgan fingerprint density at radius 3 is 2.64 bits per heavy atom. The number of hydrogen-bond donors (Lipinski definition) is 0. The van der Waals surface area contributed by atoms with Crippen molar-refractivity contribution >= 4 is 19.9 Å². The normalized spacial score (nSPS) is 20.8. The predicted molar refractivity (Wildman–Crippen MR) is 74.9 cm³/mol. The van der Waals surface area contributed by atoms with Crippen LogP contribution >= 0.6 is 0 Å². The Morgan fingerprint density at radius 2 is 2.05 bits per heavy atom. The molecule has 1 aromatic rings. The molecule has 1 atom stereocenters. The van der Waals surface area contributed by atoms with E-state index in [9.17, 15) is 25.6 Å². The average Bonchev–Trinajstić information content (AvgIpc) is 2.95. The first-order valence-electron chi connectivity index (χ1n) is 6.60. The Morgan fingerprint density at radius 1 is 1.36 bits per heavy atom. The third-order valence-electron chi connectivity index (χ3n) is 3.36. The van der Waals surface area contributed by atoms with Gasteiger partial charge in [0.1, 0.15) is 21.3 Å². The highest BCUT2D eigenvalue weighted by Crippen LogP contribution is 2.26. The van der Waals surface area contributed by atoms with Crippen LogP contribution in [0.25, 0.3) is 0 Å². The zero-order valence-electron chi connectivity index (χ0n) is 11.9. The molecule has 0 N–H and O–H groups in total. The number of sulfone groups is 1. The summed E-state index contributed by atoms with van der Waals surface area (Å²) in [5.41, 5.74) is 0. The van der Waals surface area contributed by atoms with Gasteiger partial charge in [-0.3, -0.25) is 4.68 Å². The van der Waals surface area contributed by atoms with E-state index in [0.717, 1.165) is 27.6 Å². The average molecular weight is 357 g/mol. The summed E-state index contributed by atoms with van der Waals surface area (Å²) in [5, 5.41) is 3.61. The summed E-state index contributed by atoms with van der Waals surface area (Å²) in [5.74, 6) is -0.253.